The van der Waals surface area contributed by atoms with E-state index < -0.39 is 6.10 Å². The lowest BCUT2D eigenvalue weighted by Crippen LogP contribution is -2.39. The van der Waals surface area contributed by atoms with Crippen LogP contribution in [0.5, 0.6) is 5.75 Å². The first-order valence-electron chi connectivity index (χ1n) is 9.63. The lowest BCUT2D eigenvalue weighted by Gasteiger charge is -2.22. The fraction of sp³-hybridized carbons (Fsp3) is 0.292. The number of carbonyl (C=O) groups is 1. The monoisotopic (exact) mass is 361 g/mol. The zero-order chi connectivity index (χ0) is 19.2. The molecule has 0 saturated carbocycles. The molecule has 0 unspecified atom stereocenters. The van der Waals surface area contributed by atoms with Gasteiger partial charge in [0.25, 0.3) is 5.91 Å². The van der Waals surface area contributed by atoms with Crippen molar-refractivity contribution in [3.63, 3.8) is 0 Å². The number of aryl methyl sites for hydroxylation is 1. The van der Waals surface area contributed by atoms with Gasteiger partial charge in [0.2, 0.25) is 0 Å². The van der Waals surface area contributed by atoms with E-state index >= 15 is 0 Å². The second-order valence-corrected chi connectivity index (χ2v) is 6.90. The number of hydrogen-bond donors (Lipinski definition) is 1. The molecule has 2 atom stereocenters. The van der Waals surface area contributed by atoms with E-state index in [4.69, 9.17) is 4.74 Å². The van der Waals surface area contributed by atoms with E-state index in [1.54, 1.807) is 0 Å². The van der Waals surface area contributed by atoms with Gasteiger partial charge in [-0.25, -0.2) is 0 Å². The van der Waals surface area contributed by atoms with Crippen LogP contribution in [0.3, 0.4) is 0 Å². The first-order valence-corrected chi connectivity index (χ1v) is 9.63. The number of ether oxygens (including phenoxy) is 1. The van der Waals surface area contributed by atoms with Crippen LogP contribution in [-0.4, -0.2) is 12.0 Å². The average Bonchev–Trinajstić information content (AvgIpc) is 2.70. The Labute approximate surface area is 161 Å². The van der Waals surface area contributed by atoms with Crippen LogP contribution in [0, 0.1) is 6.92 Å². The minimum absolute atomic E-state index is 0.00708. The van der Waals surface area contributed by atoms with Gasteiger partial charge < -0.3 is 10.1 Å². The van der Waals surface area contributed by atoms with Gasteiger partial charge in [-0.1, -0.05) is 74.0 Å². The Bertz CT molecular complexity index is 902. The predicted molar refractivity (Wildman–Crippen MR) is 111 cm³/mol. The third-order valence-corrected chi connectivity index (χ3v) is 4.87. The van der Waals surface area contributed by atoms with Crippen molar-refractivity contribution in [2.45, 2.75) is 45.8 Å². The molecule has 140 valence electrons. The van der Waals surface area contributed by atoms with Crippen molar-refractivity contribution in [3.8, 4) is 5.75 Å². The number of nitrogens with one attached hydrogen (secondary N) is 1. The van der Waals surface area contributed by atoms with Crippen LogP contribution in [0.4, 0.5) is 0 Å². The van der Waals surface area contributed by atoms with E-state index in [0.717, 1.165) is 28.5 Å². The zero-order valence-corrected chi connectivity index (χ0v) is 16.2. The van der Waals surface area contributed by atoms with Crippen LogP contribution < -0.4 is 10.1 Å². The summed E-state index contributed by atoms with van der Waals surface area (Å²) in [4.78, 5) is 12.8. The normalized spacial score (nSPS) is 13.1. The number of carbonyl (C=O) groups excluding carboxylic acids is 1. The Morgan fingerprint density at radius 2 is 1.63 bits per heavy atom. The molecular weight excluding hydrogens is 334 g/mol. The van der Waals surface area contributed by atoms with E-state index in [1.165, 1.54) is 5.56 Å². The lowest BCUT2D eigenvalue weighted by molar-refractivity contribution is -0.128. The van der Waals surface area contributed by atoms with Crippen LogP contribution in [0.15, 0.2) is 66.7 Å². The number of amides is 1. The van der Waals surface area contributed by atoms with Crippen LogP contribution in [0.25, 0.3) is 10.8 Å². The maximum absolute atomic E-state index is 12.8. The molecule has 3 nitrogen and oxygen atoms in total. The van der Waals surface area contributed by atoms with Gasteiger partial charge in [-0.3, -0.25) is 4.79 Å². The van der Waals surface area contributed by atoms with Gasteiger partial charge in [-0.2, -0.15) is 0 Å². The largest absolute Gasteiger partial charge is 0.481 e. The number of benzene rings is 3. The standard InChI is InChI=1S/C24H27NO2/c1-4-22(19-12-10-17(3)11-13-19)25-24(26)23(5-2)27-21-15-14-18-8-6-7-9-20(18)16-21/h6-16,22-23H,4-5H2,1-3H3,(H,25,26)/t22-,23-/m1/s1. The average molecular weight is 361 g/mol. The highest BCUT2D eigenvalue weighted by molar-refractivity contribution is 5.84. The predicted octanol–water partition coefficient (Wildman–Crippen LogP) is 5.57. The van der Waals surface area contributed by atoms with Crippen molar-refractivity contribution in [2.24, 2.45) is 0 Å². The molecule has 0 aromatic heterocycles. The molecule has 0 fully saturated rings. The highest BCUT2D eigenvalue weighted by Crippen LogP contribution is 2.23. The molecule has 3 rings (SSSR count). The minimum atomic E-state index is -0.509. The topological polar surface area (TPSA) is 38.3 Å². The molecule has 0 aliphatic carbocycles. The minimum Gasteiger partial charge on any atom is -0.481 e. The van der Waals surface area contributed by atoms with Crippen molar-refractivity contribution in [1.29, 1.82) is 0 Å². The molecule has 0 heterocycles. The third kappa shape index (κ3) is 4.68. The van der Waals surface area contributed by atoms with E-state index in [-0.39, 0.29) is 11.9 Å². The number of fused-ring (bicyclic) bond motifs is 1. The molecule has 0 bridgehead atoms. The molecule has 1 amide bonds. The maximum Gasteiger partial charge on any atom is 0.261 e. The molecule has 1 N–H and O–H groups in total. The SMILES string of the molecule is CC[C@@H](Oc1ccc2ccccc2c1)C(=O)N[C@H](CC)c1ccc(C)cc1. The van der Waals surface area contributed by atoms with E-state index in [1.807, 2.05) is 43.3 Å². The van der Waals surface area contributed by atoms with Gasteiger partial charge in [-0.15, -0.1) is 0 Å². The summed E-state index contributed by atoms with van der Waals surface area (Å²) in [5.41, 5.74) is 2.34. The van der Waals surface area contributed by atoms with Gasteiger partial charge in [0.1, 0.15) is 5.75 Å². The summed E-state index contributed by atoms with van der Waals surface area (Å²) in [7, 11) is 0. The molecule has 3 aromatic carbocycles. The van der Waals surface area contributed by atoms with E-state index in [2.05, 4.69) is 49.5 Å². The lowest BCUT2D eigenvalue weighted by atomic mass is 10.0. The molecular formula is C24H27NO2. The third-order valence-electron chi connectivity index (χ3n) is 4.87. The summed E-state index contributed by atoms with van der Waals surface area (Å²) >= 11 is 0. The van der Waals surface area contributed by atoms with Crippen LogP contribution >= 0.6 is 0 Å². The fourth-order valence-corrected chi connectivity index (χ4v) is 3.21. The molecule has 0 aliphatic heterocycles. The Balaban J connectivity index is 1.71. The van der Waals surface area contributed by atoms with Crippen molar-refractivity contribution in [1.82, 2.24) is 5.32 Å². The summed E-state index contributed by atoms with van der Waals surface area (Å²) in [6.07, 6.45) is 0.940. The van der Waals surface area contributed by atoms with Crippen molar-refractivity contribution in [2.75, 3.05) is 0 Å². The quantitative estimate of drug-likeness (QED) is 0.597. The highest BCUT2D eigenvalue weighted by atomic mass is 16.5. The van der Waals surface area contributed by atoms with Crippen LogP contribution in [-0.2, 0) is 4.79 Å². The summed E-state index contributed by atoms with van der Waals surface area (Å²) < 4.78 is 6.02. The first-order chi connectivity index (χ1) is 13.1. The second-order valence-electron chi connectivity index (χ2n) is 6.90. The molecule has 0 spiro atoms. The van der Waals surface area contributed by atoms with E-state index in [9.17, 15) is 4.79 Å². The van der Waals surface area contributed by atoms with Crippen molar-refractivity contribution >= 4 is 16.7 Å². The summed E-state index contributed by atoms with van der Waals surface area (Å²) in [5, 5.41) is 5.41. The summed E-state index contributed by atoms with van der Waals surface area (Å²) in [6.45, 7) is 6.11. The summed E-state index contributed by atoms with van der Waals surface area (Å²) in [5.74, 6) is 0.650. The van der Waals surface area contributed by atoms with Gasteiger partial charge in [-0.05, 0) is 48.2 Å². The smallest absolute Gasteiger partial charge is 0.261 e. The van der Waals surface area contributed by atoms with Gasteiger partial charge in [0, 0.05) is 0 Å². The van der Waals surface area contributed by atoms with Gasteiger partial charge >= 0.3 is 0 Å². The van der Waals surface area contributed by atoms with Crippen molar-refractivity contribution < 1.29 is 9.53 Å². The number of rotatable bonds is 7. The summed E-state index contributed by atoms with van der Waals surface area (Å²) in [6, 6.07) is 22.4. The van der Waals surface area contributed by atoms with E-state index in [0.29, 0.717) is 6.42 Å². The maximum atomic E-state index is 12.8. The van der Waals surface area contributed by atoms with Crippen LogP contribution in [0.1, 0.15) is 43.9 Å². The van der Waals surface area contributed by atoms with Gasteiger partial charge in [0.05, 0.1) is 6.04 Å². The van der Waals surface area contributed by atoms with Crippen LogP contribution in [0.2, 0.25) is 0 Å². The van der Waals surface area contributed by atoms with Crippen molar-refractivity contribution in [3.05, 3.63) is 77.9 Å². The molecule has 3 heteroatoms. The molecule has 0 aliphatic rings. The Hall–Kier alpha value is -2.81. The highest BCUT2D eigenvalue weighted by Gasteiger charge is 2.22. The Kier molecular flexibility index (Phi) is 6.12. The molecule has 3 aromatic rings. The second kappa shape index (κ2) is 8.72. The molecule has 0 saturated heterocycles. The Morgan fingerprint density at radius 1 is 0.926 bits per heavy atom. The van der Waals surface area contributed by atoms with Gasteiger partial charge in [0.15, 0.2) is 6.10 Å². The zero-order valence-electron chi connectivity index (χ0n) is 16.2. The molecule has 0 radical (unpaired) electrons. The first kappa shape index (κ1) is 19.0. The number of hydrogen-bond acceptors (Lipinski definition) is 2. The fourth-order valence-electron chi connectivity index (χ4n) is 3.21. The Morgan fingerprint density at radius 3 is 2.30 bits per heavy atom. The molecule has 27 heavy (non-hydrogen) atoms.